The van der Waals surface area contributed by atoms with Crippen LogP contribution in [0.5, 0.6) is 0 Å². The summed E-state index contributed by atoms with van der Waals surface area (Å²) < 4.78 is 27.2. The average molecular weight is 313 g/mol. The minimum atomic E-state index is -3.45. The SMILES string of the molecule is CNc1ccccc1S(=O)(=O)NCCCCN(C)C(C)C. The molecule has 120 valence electrons. The summed E-state index contributed by atoms with van der Waals surface area (Å²) in [6.45, 7) is 5.74. The van der Waals surface area contributed by atoms with Gasteiger partial charge in [0.2, 0.25) is 10.0 Å². The molecule has 21 heavy (non-hydrogen) atoms. The van der Waals surface area contributed by atoms with Crippen molar-refractivity contribution in [3.05, 3.63) is 24.3 Å². The number of nitrogens with zero attached hydrogens (tertiary/aromatic N) is 1. The third kappa shape index (κ3) is 5.65. The predicted octanol–water partition coefficient (Wildman–Crippen LogP) is 2.13. The van der Waals surface area contributed by atoms with Crippen LogP contribution >= 0.6 is 0 Å². The molecule has 0 aliphatic heterocycles. The third-order valence-corrected chi connectivity index (χ3v) is 5.08. The second-order valence-electron chi connectivity index (χ2n) is 5.43. The van der Waals surface area contributed by atoms with Crippen LogP contribution < -0.4 is 10.0 Å². The molecule has 0 radical (unpaired) electrons. The van der Waals surface area contributed by atoms with Gasteiger partial charge in [-0.3, -0.25) is 0 Å². The second-order valence-corrected chi connectivity index (χ2v) is 7.16. The molecule has 5 nitrogen and oxygen atoms in total. The minimum absolute atomic E-state index is 0.298. The summed E-state index contributed by atoms with van der Waals surface area (Å²) in [5.74, 6) is 0. The van der Waals surface area contributed by atoms with Gasteiger partial charge in [-0.2, -0.15) is 0 Å². The van der Waals surface area contributed by atoms with Crippen LogP contribution in [-0.2, 0) is 10.0 Å². The zero-order valence-electron chi connectivity index (χ0n) is 13.4. The van der Waals surface area contributed by atoms with Gasteiger partial charge in [0.05, 0.1) is 5.69 Å². The molecule has 1 aromatic rings. The van der Waals surface area contributed by atoms with E-state index >= 15 is 0 Å². The van der Waals surface area contributed by atoms with Crippen LogP contribution in [0.4, 0.5) is 5.69 Å². The fourth-order valence-electron chi connectivity index (χ4n) is 1.94. The van der Waals surface area contributed by atoms with Crippen LogP contribution in [0.1, 0.15) is 26.7 Å². The van der Waals surface area contributed by atoms with Crippen molar-refractivity contribution < 1.29 is 8.42 Å². The number of unbranched alkanes of at least 4 members (excludes halogenated alkanes) is 1. The summed E-state index contributed by atoms with van der Waals surface area (Å²) in [5.41, 5.74) is 0.615. The van der Waals surface area contributed by atoms with Crippen molar-refractivity contribution in [2.75, 3.05) is 32.5 Å². The lowest BCUT2D eigenvalue weighted by Gasteiger charge is -2.20. The van der Waals surface area contributed by atoms with Gasteiger partial charge in [0, 0.05) is 19.6 Å². The van der Waals surface area contributed by atoms with Crippen molar-refractivity contribution in [2.45, 2.75) is 37.6 Å². The fourth-order valence-corrected chi connectivity index (χ4v) is 3.22. The van der Waals surface area contributed by atoms with Gasteiger partial charge in [-0.05, 0) is 52.4 Å². The molecule has 0 bridgehead atoms. The third-order valence-electron chi connectivity index (χ3n) is 3.56. The molecule has 0 saturated carbocycles. The first kappa shape index (κ1) is 17.9. The molecule has 0 spiro atoms. The van der Waals surface area contributed by atoms with E-state index in [-0.39, 0.29) is 0 Å². The lowest BCUT2D eigenvalue weighted by Crippen LogP contribution is -2.29. The van der Waals surface area contributed by atoms with Crippen LogP contribution in [0.3, 0.4) is 0 Å². The number of nitrogens with one attached hydrogen (secondary N) is 2. The summed E-state index contributed by atoms with van der Waals surface area (Å²) in [6.07, 6.45) is 1.81. The van der Waals surface area contributed by atoms with E-state index in [4.69, 9.17) is 0 Å². The van der Waals surface area contributed by atoms with E-state index in [0.29, 0.717) is 23.2 Å². The molecule has 0 heterocycles. The first-order valence-electron chi connectivity index (χ1n) is 7.35. The summed E-state index contributed by atoms with van der Waals surface area (Å²) in [6, 6.07) is 7.43. The Bertz CT molecular complexity index is 529. The highest BCUT2D eigenvalue weighted by molar-refractivity contribution is 7.89. The Balaban J connectivity index is 2.47. The second kappa shape index (κ2) is 8.36. The van der Waals surface area contributed by atoms with Gasteiger partial charge in [-0.1, -0.05) is 12.1 Å². The van der Waals surface area contributed by atoms with Crippen molar-refractivity contribution in [3.8, 4) is 0 Å². The largest absolute Gasteiger partial charge is 0.387 e. The molecular weight excluding hydrogens is 286 g/mol. The normalized spacial score (nSPS) is 12.1. The summed E-state index contributed by atoms with van der Waals surface area (Å²) in [5, 5.41) is 2.90. The first-order chi connectivity index (χ1) is 9.88. The number of rotatable bonds is 9. The van der Waals surface area contributed by atoms with Gasteiger partial charge < -0.3 is 10.2 Å². The lowest BCUT2D eigenvalue weighted by molar-refractivity contribution is 0.268. The minimum Gasteiger partial charge on any atom is -0.387 e. The number of anilines is 1. The number of para-hydroxylation sites is 1. The number of benzene rings is 1. The highest BCUT2D eigenvalue weighted by Crippen LogP contribution is 2.19. The van der Waals surface area contributed by atoms with Crippen LogP contribution in [0, 0.1) is 0 Å². The quantitative estimate of drug-likeness (QED) is 0.686. The fraction of sp³-hybridized carbons (Fsp3) is 0.600. The van der Waals surface area contributed by atoms with Crippen molar-refractivity contribution in [1.82, 2.24) is 9.62 Å². The first-order valence-corrected chi connectivity index (χ1v) is 8.83. The van der Waals surface area contributed by atoms with Crippen molar-refractivity contribution >= 4 is 15.7 Å². The number of hydrogen-bond donors (Lipinski definition) is 2. The van der Waals surface area contributed by atoms with E-state index in [1.807, 2.05) is 6.07 Å². The lowest BCUT2D eigenvalue weighted by atomic mass is 10.2. The molecule has 0 unspecified atom stereocenters. The topological polar surface area (TPSA) is 61.4 Å². The molecule has 0 aliphatic rings. The Morgan fingerprint density at radius 2 is 1.86 bits per heavy atom. The maximum Gasteiger partial charge on any atom is 0.242 e. The Hall–Kier alpha value is -1.11. The molecule has 6 heteroatoms. The van der Waals surface area contributed by atoms with E-state index in [1.54, 1.807) is 25.2 Å². The molecule has 0 aromatic heterocycles. The van der Waals surface area contributed by atoms with Crippen LogP contribution in [0.25, 0.3) is 0 Å². The van der Waals surface area contributed by atoms with Gasteiger partial charge in [0.1, 0.15) is 4.90 Å². The maximum atomic E-state index is 12.3. The summed E-state index contributed by atoms with van der Waals surface area (Å²) in [7, 11) is 0.354. The average Bonchev–Trinajstić information content (AvgIpc) is 2.46. The van der Waals surface area contributed by atoms with Crippen molar-refractivity contribution in [3.63, 3.8) is 0 Å². The van der Waals surface area contributed by atoms with Gasteiger partial charge in [-0.15, -0.1) is 0 Å². The Labute approximate surface area is 128 Å². The van der Waals surface area contributed by atoms with E-state index in [2.05, 4.69) is 35.8 Å². The summed E-state index contributed by atoms with van der Waals surface area (Å²) in [4.78, 5) is 2.55. The molecule has 0 aliphatic carbocycles. The molecule has 2 N–H and O–H groups in total. The van der Waals surface area contributed by atoms with Crippen LogP contribution in [0.2, 0.25) is 0 Å². The molecule has 0 fully saturated rings. The molecule has 1 aromatic carbocycles. The zero-order chi connectivity index (χ0) is 15.9. The smallest absolute Gasteiger partial charge is 0.242 e. The monoisotopic (exact) mass is 313 g/mol. The Morgan fingerprint density at radius 3 is 2.48 bits per heavy atom. The van der Waals surface area contributed by atoms with E-state index in [0.717, 1.165) is 19.4 Å². The van der Waals surface area contributed by atoms with Crippen molar-refractivity contribution in [2.24, 2.45) is 0 Å². The van der Waals surface area contributed by atoms with Gasteiger partial charge >= 0.3 is 0 Å². The van der Waals surface area contributed by atoms with E-state index in [9.17, 15) is 8.42 Å². The molecule has 0 saturated heterocycles. The molecular formula is C15H27N3O2S. The standard InChI is InChI=1S/C15H27N3O2S/c1-13(2)18(4)12-8-7-11-17-21(19,20)15-10-6-5-9-14(15)16-3/h5-6,9-10,13,16-17H,7-8,11-12H2,1-4H3. The molecule has 0 atom stereocenters. The predicted molar refractivity (Wildman–Crippen MR) is 88.2 cm³/mol. The summed E-state index contributed by atoms with van der Waals surface area (Å²) >= 11 is 0. The van der Waals surface area contributed by atoms with Crippen LogP contribution in [0.15, 0.2) is 29.2 Å². The van der Waals surface area contributed by atoms with Crippen LogP contribution in [-0.4, -0.2) is 46.5 Å². The Kier molecular flexibility index (Phi) is 7.14. The number of hydrogen-bond acceptors (Lipinski definition) is 4. The molecule has 1 rings (SSSR count). The van der Waals surface area contributed by atoms with Crippen molar-refractivity contribution in [1.29, 1.82) is 0 Å². The highest BCUT2D eigenvalue weighted by Gasteiger charge is 2.16. The van der Waals surface area contributed by atoms with Gasteiger partial charge in [0.15, 0.2) is 0 Å². The van der Waals surface area contributed by atoms with Gasteiger partial charge in [-0.25, -0.2) is 13.1 Å². The number of sulfonamides is 1. The van der Waals surface area contributed by atoms with E-state index in [1.165, 1.54) is 0 Å². The van der Waals surface area contributed by atoms with Gasteiger partial charge in [0.25, 0.3) is 0 Å². The maximum absolute atomic E-state index is 12.3. The highest BCUT2D eigenvalue weighted by atomic mass is 32.2. The Morgan fingerprint density at radius 1 is 1.19 bits per heavy atom. The van der Waals surface area contributed by atoms with E-state index < -0.39 is 10.0 Å². The molecule has 0 amide bonds. The zero-order valence-corrected chi connectivity index (χ0v) is 14.2.